The predicted molar refractivity (Wildman–Crippen MR) is 46.8 cm³/mol. The Bertz CT molecular complexity index is 193. The number of ether oxygens (including phenoxy) is 2. The molecule has 0 heterocycles. The molecule has 3 N–H and O–H groups in total. The first-order valence-corrected chi connectivity index (χ1v) is 3.86. The maximum atomic E-state index is 10.4. The van der Waals surface area contributed by atoms with Crippen LogP contribution in [0.4, 0.5) is 0 Å². The van der Waals surface area contributed by atoms with Crippen molar-refractivity contribution in [2.45, 2.75) is 24.4 Å². The molecule has 0 rings (SSSR count). The molecule has 14 heavy (non-hydrogen) atoms. The molecule has 4 atom stereocenters. The summed E-state index contributed by atoms with van der Waals surface area (Å²) >= 11 is 0. The molecule has 0 spiro atoms. The van der Waals surface area contributed by atoms with E-state index in [-0.39, 0.29) is 6.29 Å². The number of aliphatic hydroxyl groups excluding tert-OH is 3. The highest BCUT2D eigenvalue weighted by molar-refractivity contribution is 5.56. The van der Waals surface area contributed by atoms with Gasteiger partial charge in [0, 0.05) is 14.2 Å². The van der Waals surface area contributed by atoms with Crippen LogP contribution in [-0.4, -0.2) is 66.8 Å². The lowest BCUT2D eigenvalue weighted by Crippen LogP contribution is -2.48. The zero-order chi connectivity index (χ0) is 12.6. The topological polar surface area (TPSA) is 96.2 Å². The number of methoxy groups -OCH3 is 2. The van der Waals surface area contributed by atoms with E-state index < -0.39 is 45.2 Å². The minimum atomic E-state index is -1.59. The Morgan fingerprint density at radius 2 is 1.93 bits per heavy atom. The SMILES string of the molecule is [2H]CO[C@@H]([C@H](OC[2H])[C@H](O)CO)[C@H](O)C=O. The van der Waals surface area contributed by atoms with Crippen LogP contribution in [0, 0.1) is 0 Å². The highest BCUT2D eigenvalue weighted by atomic mass is 16.5. The summed E-state index contributed by atoms with van der Waals surface area (Å²) in [6.07, 6.45) is -5.36. The molecule has 0 aromatic rings. The Morgan fingerprint density at radius 3 is 2.36 bits per heavy atom. The van der Waals surface area contributed by atoms with Crippen molar-refractivity contribution >= 4 is 6.29 Å². The van der Waals surface area contributed by atoms with Gasteiger partial charge in [-0.2, -0.15) is 0 Å². The first-order chi connectivity index (χ1) is 7.62. The van der Waals surface area contributed by atoms with Crippen molar-refractivity contribution in [2.75, 3.05) is 20.8 Å². The molecule has 0 bridgehead atoms. The van der Waals surface area contributed by atoms with E-state index in [0.29, 0.717) is 0 Å². The van der Waals surface area contributed by atoms with Crippen molar-refractivity contribution in [3.63, 3.8) is 0 Å². The van der Waals surface area contributed by atoms with Crippen molar-refractivity contribution < 1.29 is 32.3 Å². The van der Waals surface area contributed by atoms with Crippen LogP contribution in [0.3, 0.4) is 0 Å². The van der Waals surface area contributed by atoms with Gasteiger partial charge in [0.05, 0.1) is 9.35 Å². The third-order valence-electron chi connectivity index (χ3n) is 1.75. The fraction of sp³-hybridized carbons (Fsp3) is 0.875. The Balaban J connectivity index is 4.69. The lowest BCUT2D eigenvalue weighted by molar-refractivity contribution is -0.150. The standard InChI is InChI=1S/C8H16O6/c1-13-7(5(11)3-9)8(14-2)6(12)4-10/h3,5-8,10-12H,4H2,1-2H3/t5-,6-,7-,8-/m1/s1/i1D,2D. The molecule has 84 valence electrons. The number of hydrogen-bond acceptors (Lipinski definition) is 6. The average Bonchev–Trinajstić information content (AvgIpc) is 2.31. The highest BCUT2D eigenvalue weighted by Gasteiger charge is 2.33. The molecular formula is C8H16O6. The molecule has 0 aliphatic carbocycles. The summed E-state index contributed by atoms with van der Waals surface area (Å²) in [5.41, 5.74) is 0. The number of aldehydes is 1. The molecule has 0 aromatic carbocycles. The van der Waals surface area contributed by atoms with Crippen LogP contribution in [0.2, 0.25) is 0 Å². The molecule has 0 amide bonds. The summed E-state index contributed by atoms with van der Waals surface area (Å²) in [6, 6.07) is 0. The minimum Gasteiger partial charge on any atom is -0.394 e. The molecule has 6 nitrogen and oxygen atoms in total. The second kappa shape index (κ2) is 6.86. The van der Waals surface area contributed by atoms with Crippen LogP contribution in [0.5, 0.6) is 0 Å². The van der Waals surface area contributed by atoms with Crippen LogP contribution in [-0.2, 0) is 14.3 Å². The van der Waals surface area contributed by atoms with Gasteiger partial charge in [-0.05, 0) is 0 Å². The lowest BCUT2D eigenvalue weighted by Gasteiger charge is -2.28. The zero-order valence-corrected chi connectivity index (χ0v) is 7.57. The third-order valence-corrected chi connectivity index (χ3v) is 1.75. The highest BCUT2D eigenvalue weighted by Crippen LogP contribution is 2.10. The summed E-state index contributed by atoms with van der Waals surface area (Å²) in [5, 5.41) is 27.4. The quantitative estimate of drug-likeness (QED) is 0.418. The summed E-state index contributed by atoms with van der Waals surface area (Å²) in [7, 11) is -1.09. The van der Waals surface area contributed by atoms with Gasteiger partial charge in [0.1, 0.15) is 24.4 Å². The van der Waals surface area contributed by atoms with Crippen molar-refractivity contribution in [3.8, 4) is 0 Å². The second-order valence-corrected chi connectivity index (χ2v) is 2.64. The predicted octanol–water partition coefficient (Wildman–Crippen LogP) is -2.07. The lowest BCUT2D eigenvalue weighted by atomic mass is 10.0. The van der Waals surface area contributed by atoms with Gasteiger partial charge in [0.2, 0.25) is 0 Å². The molecule has 0 radical (unpaired) electrons. The monoisotopic (exact) mass is 210 g/mol. The first-order valence-electron chi connectivity index (χ1n) is 5.27. The molecule has 0 saturated heterocycles. The molecule has 0 aromatic heterocycles. The van der Waals surface area contributed by atoms with Gasteiger partial charge in [-0.15, -0.1) is 0 Å². The summed E-state index contributed by atoms with van der Waals surface area (Å²) < 4.78 is 23.2. The van der Waals surface area contributed by atoms with Crippen LogP contribution >= 0.6 is 0 Å². The van der Waals surface area contributed by atoms with Gasteiger partial charge in [0.15, 0.2) is 6.29 Å². The van der Waals surface area contributed by atoms with Crippen molar-refractivity contribution in [3.05, 3.63) is 0 Å². The van der Waals surface area contributed by atoms with E-state index in [0.717, 1.165) is 0 Å². The van der Waals surface area contributed by atoms with Gasteiger partial charge in [-0.3, -0.25) is 0 Å². The summed E-state index contributed by atoms with van der Waals surface area (Å²) in [4.78, 5) is 10.4. The van der Waals surface area contributed by atoms with Gasteiger partial charge in [0.25, 0.3) is 0 Å². The average molecular weight is 210 g/mol. The van der Waals surface area contributed by atoms with Crippen LogP contribution in [0.1, 0.15) is 2.74 Å². The largest absolute Gasteiger partial charge is 0.394 e. The van der Waals surface area contributed by atoms with Crippen molar-refractivity contribution in [1.82, 2.24) is 0 Å². The van der Waals surface area contributed by atoms with Gasteiger partial charge in [-0.25, -0.2) is 0 Å². The van der Waals surface area contributed by atoms with Gasteiger partial charge < -0.3 is 29.6 Å². The van der Waals surface area contributed by atoms with E-state index in [4.69, 9.17) is 17.3 Å². The van der Waals surface area contributed by atoms with Gasteiger partial charge >= 0.3 is 0 Å². The number of rotatable bonds is 7. The van der Waals surface area contributed by atoms with Crippen LogP contribution in [0.15, 0.2) is 0 Å². The fourth-order valence-electron chi connectivity index (χ4n) is 0.994. The molecule has 0 aliphatic rings. The first kappa shape index (κ1) is 10.0. The molecule has 0 fully saturated rings. The molecule has 0 saturated carbocycles. The van der Waals surface area contributed by atoms with E-state index in [1.54, 1.807) is 0 Å². The molecular weight excluding hydrogens is 192 g/mol. The zero-order valence-electron chi connectivity index (χ0n) is 9.57. The Morgan fingerprint density at radius 1 is 1.36 bits per heavy atom. The maximum Gasteiger partial charge on any atom is 0.151 e. The Kier molecular flexibility index (Phi) is 4.90. The van der Waals surface area contributed by atoms with E-state index >= 15 is 0 Å². The van der Waals surface area contributed by atoms with Crippen LogP contribution < -0.4 is 0 Å². The van der Waals surface area contributed by atoms with E-state index in [2.05, 4.69) is 0 Å². The van der Waals surface area contributed by atoms with Crippen LogP contribution in [0.25, 0.3) is 0 Å². The number of aliphatic hydroxyl groups is 3. The number of hydrogen-bond donors (Lipinski definition) is 3. The van der Waals surface area contributed by atoms with E-state index in [1.807, 2.05) is 0 Å². The van der Waals surface area contributed by atoms with Gasteiger partial charge in [-0.1, -0.05) is 0 Å². The smallest absolute Gasteiger partial charge is 0.151 e. The molecule has 6 heteroatoms. The minimum absolute atomic E-state index is 0.171. The fourth-order valence-corrected chi connectivity index (χ4v) is 0.994. The normalized spacial score (nSPS) is 21.6. The Hall–Kier alpha value is -0.530. The molecule has 0 unspecified atom stereocenters. The molecule has 0 aliphatic heterocycles. The summed E-state index contributed by atoms with van der Waals surface area (Å²) in [6.45, 7) is -0.673. The number of carbonyl (C=O) groups is 1. The number of carbonyl (C=O) groups excluding carboxylic acids is 1. The van der Waals surface area contributed by atoms with E-state index in [9.17, 15) is 15.0 Å². The third kappa shape index (κ3) is 3.32. The van der Waals surface area contributed by atoms with Crippen molar-refractivity contribution in [1.29, 1.82) is 0 Å². The summed E-state index contributed by atoms with van der Waals surface area (Å²) in [5.74, 6) is 0. The van der Waals surface area contributed by atoms with Crippen molar-refractivity contribution in [2.24, 2.45) is 0 Å². The van der Waals surface area contributed by atoms with E-state index in [1.165, 1.54) is 0 Å². The maximum absolute atomic E-state index is 10.4. The second-order valence-electron chi connectivity index (χ2n) is 2.64. The Labute approximate surface area is 84.9 Å².